The minimum absolute atomic E-state index is 0.0801. The predicted molar refractivity (Wildman–Crippen MR) is 88.3 cm³/mol. The molecule has 1 heterocycles. The Morgan fingerprint density at radius 3 is 2.81 bits per heavy atom. The molecule has 1 N–H and O–H groups in total. The van der Waals surface area contributed by atoms with Crippen molar-refractivity contribution in [3.63, 3.8) is 0 Å². The number of hydrogen-bond donors (Lipinski definition) is 1. The number of nitrogens with zero attached hydrogens (tertiary/aromatic N) is 1. The maximum atomic E-state index is 14.4. The fourth-order valence-electron chi connectivity index (χ4n) is 3.32. The van der Waals surface area contributed by atoms with E-state index in [9.17, 15) is 4.39 Å². The van der Waals surface area contributed by atoms with Gasteiger partial charge in [0.25, 0.3) is 0 Å². The summed E-state index contributed by atoms with van der Waals surface area (Å²) >= 11 is 0. The van der Waals surface area contributed by atoms with Gasteiger partial charge in [-0.3, -0.25) is 0 Å². The molecule has 0 spiro atoms. The van der Waals surface area contributed by atoms with Crippen molar-refractivity contribution in [2.24, 2.45) is 5.92 Å². The molecule has 1 aromatic rings. The summed E-state index contributed by atoms with van der Waals surface area (Å²) in [5.74, 6) is 0.746. The normalized spacial score (nSPS) is 21.1. The highest BCUT2D eigenvalue weighted by atomic mass is 19.1. The van der Waals surface area contributed by atoms with Gasteiger partial charge < -0.3 is 10.2 Å². The first-order valence-corrected chi connectivity index (χ1v) is 8.37. The molecule has 0 radical (unpaired) electrons. The molecule has 2 unspecified atom stereocenters. The first-order valence-electron chi connectivity index (χ1n) is 8.37. The van der Waals surface area contributed by atoms with Crippen LogP contribution in [0.4, 0.5) is 10.1 Å². The fourth-order valence-corrected chi connectivity index (χ4v) is 3.32. The van der Waals surface area contributed by atoms with Crippen molar-refractivity contribution in [1.82, 2.24) is 5.32 Å². The lowest BCUT2D eigenvalue weighted by Crippen LogP contribution is -2.25. The second-order valence-corrected chi connectivity index (χ2v) is 6.29. The molecule has 21 heavy (non-hydrogen) atoms. The summed E-state index contributed by atoms with van der Waals surface area (Å²) in [6.45, 7) is 6.28. The lowest BCUT2D eigenvalue weighted by molar-refractivity contribution is 0.435. The Morgan fingerprint density at radius 2 is 2.14 bits per heavy atom. The molecule has 0 aliphatic carbocycles. The van der Waals surface area contributed by atoms with Gasteiger partial charge in [-0.05, 0) is 56.8 Å². The molecule has 1 aliphatic rings. The number of rotatable bonds is 5. The summed E-state index contributed by atoms with van der Waals surface area (Å²) in [7, 11) is 1.90. The molecule has 2 nitrogen and oxygen atoms in total. The van der Waals surface area contributed by atoms with E-state index in [1.54, 1.807) is 6.07 Å². The molecule has 2 rings (SSSR count). The molecule has 3 heteroatoms. The summed E-state index contributed by atoms with van der Waals surface area (Å²) in [4.78, 5) is 2.23. The Balaban J connectivity index is 2.07. The van der Waals surface area contributed by atoms with Gasteiger partial charge in [-0.1, -0.05) is 25.8 Å². The highest BCUT2D eigenvalue weighted by Crippen LogP contribution is 2.28. The zero-order valence-electron chi connectivity index (χ0n) is 13.7. The van der Waals surface area contributed by atoms with Gasteiger partial charge in [-0.2, -0.15) is 0 Å². The largest absolute Gasteiger partial charge is 0.369 e. The third kappa shape index (κ3) is 4.19. The van der Waals surface area contributed by atoms with Crippen LogP contribution in [-0.2, 0) is 0 Å². The van der Waals surface area contributed by atoms with E-state index in [0.29, 0.717) is 0 Å². The Bertz CT molecular complexity index is 447. The molecule has 1 fully saturated rings. The highest BCUT2D eigenvalue weighted by molar-refractivity contribution is 5.49. The van der Waals surface area contributed by atoms with Gasteiger partial charge in [0.05, 0.1) is 5.69 Å². The molecule has 0 bridgehead atoms. The summed E-state index contributed by atoms with van der Waals surface area (Å²) in [5.41, 5.74) is 1.79. The minimum Gasteiger partial charge on any atom is -0.369 e. The molecular weight excluding hydrogens is 263 g/mol. The molecule has 0 amide bonds. The number of benzene rings is 1. The van der Waals surface area contributed by atoms with Crippen molar-refractivity contribution in [1.29, 1.82) is 0 Å². The minimum atomic E-state index is -0.0801. The maximum absolute atomic E-state index is 14.4. The van der Waals surface area contributed by atoms with Gasteiger partial charge in [0.15, 0.2) is 0 Å². The second kappa shape index (κ2) is 7.79. The molecular formula is C18H29FN2. The van der Waals surface area contributed by atoms with Crippen LogP contribution in [0.15, 0.2) is 18.2 Å². The molecule has 1 saturated heterocycles. The lowest BCUT2D eigenvalue weighted by Gasteiger charge is -2.24. The Labute approximate surface area is 128 Å². The molecule has 0 aromatic heterocycles. The SMILES string of the molecule is CCCC1CCCN(c2ccc(C(C)NC)cc2F)CC1. The van der Waals surface area contributed by atoms with Crippen LogP contribution in [0.3, 0.4) is 0 Å². The maximum Gasteiger partial charge on any atom is 0.146 e. The van der Waals surface area contributed by atoms with Crippen LogP contribution >= 0.6 is 0 Å². The smallest absolute Gasteiger partial charge is 0.146 e. The average Bonchev–Trinajstić information content (AvgIpc) is 2.72. The number of halogens is 1. The quantitative estimate of drug-likeness (QED) is 0.859. The third-order valence-corrected chi connectivity index (χ3v) is 4.79. The van der Waals surface area contributed by atoms with Crippen LogP contribution < -0.4 is 10.2 Å². The predicted octanol–water partition coefficient (Wildman–Crippen LogP) is 4.51. The summed E-state index contributed by atoms with van der Waals surface area (Å²) in [6, 6.07) is 5.88. The first kappa shape index (κ1) is 16.3. The Morgan fingerprint density at radius 1 is 1.33 bits per heavy atom. The number of anilines is 1. The van der Waals surface area contributed by atoms with Crippen molar-refractivity contribution in [3.05, 3.63) is 29.6 Å². The summed E-state index contributed by atoms with van der Waals surface area (Å²) < 4.78 is 14.4. The van der Waals surface area contributed by atoms with E-state index in [4.69, 9.17) is 0 Å². The van der Waals surface area contributed by atoms with E-state index in [1.165, 1.54) is 32.1 Å². The van der Waals surface area contributed by atoms with Crippen molar-refractivity contribution >= 4 is 5.69 Å². The molecule has 1 aromatic carbocycles. The van der Waals surface area contributed by atoms with E-state index >= 15 is 0 Å². The van der Waals surface area contributed by atoms with Crippen LogP contribution in [0.2, 0.25) is 0 Å². The zero-order chi connectivity index (χ0) is 15.2. The topological polar surface area (TPSA) is 15.3 Å². The van der Waals surface area contributed by atoms with Crippen molar-refractivity contribution in [2.75, 3.05) is 25.0 Å². The van der Waals surface area contributed by atoms with Crippen molar-refractivity contribution in [2.45, 2.75) is 52.0 Å². The molecule has 1 aliphatic heterocycles. The van der Waals surface area contributed by atoms with Crippen LogP contribution in [0.25, 0.3) is 0 Å². The summed E-state index contributed by atoms with van der Waals surface area (Å²) in [6.07, 6.45) is 6.24. The van der Waals surface area contributed by atoms with E-state index in [0.717, 1.165) is 30.3 Å². The van der Waals surface area contributed by atoms with Gasteiger partial charge in [0, 0.05) is 19.1 Å². The fraction of sp³-hybridized carbons (Fsp3) is 0.667. The van der Waals surface area contributed by atoms with E-state index < -0.39 is 0 Å². The lowest BCUT2D eigenvalue weighted by atomic mass is 9.96. The third-order valence-electron chi connectivity index (χ3n) is 4.79. The van der Waals surface area contributed by atoms with Crippen LogP contribution in [0.1, 0.15) is 57.6 Å². The van der Waals surface area contributed by atoms with E-state index in [1.807, 2.05) is 19.2 Å². The Hall–Kier alpha value is -1.09. The average molecular weight is 292 g/mol. The summed E-state index contributed by atoms with van der Waals surface area (Å²) in [5, 5.41) is 3.16. The van der Waals surface area contributed by atoms with Crippen LogP contribution in [0, 0.1) is 11.7 Å². The Kier molecular flexibility index (Phi) is 6.04. The van der Waals surface area contributed by atoms with Crippen molar-refractivity contribution in [3.8, 4) is 0 Å². The number of nitrogens with one attached hydrogen (secondary N) is 1. The number of hydrogen-bond acceptors (Lipinski definition) is 2. The van der Waals surface area contributed by atoms with Crippen molar-refractivity contribution < 1.29 is 4.39 Å². The second-order valence-electron chi connectivity index (χ2n) is 6.29. The van der Waals surface area contributed by atoms with Gasteiger partial charge in [-0.25, -0.2) is 4.39 Å². The zero-order valence-corrected chi connectivity index (χ0v) is 13.7. The first-order chi connectivity index (χ1) is 10.2. The molecule has 118 valence electrons. The van der Waals surface area contributed by atoms with Gasteiger partial charge in [0.2, 0.25) is 0 Å². The van der Waals surface area contributed by atoms with E-state index in [2.05, 4.69) is 24.1 Å². The highest BCUT2D eigenvalue weighted by Gasteiger charge is 2.19. The van der Waals surface area contributed by atoms with E-state index in [-0.39, 0.29) is 11.9 Å². The van der Waals surface area contributed by atoms with Gasteiger partial charge in [-0.15, -0.1) is 0 Å². The monoisotopic (exact) mass is 292 g/mol. The molecule has 2 atom stereocenters. The van der Waals surface area contributed by atoms with Gasteiger partial charge in [0.1, 0.15) is 5.82 Å². The van der Waals surface area contributed by atoms with Gasteiger partial charge >= 0.3 is 0 Å². The van der Waals surface area contributed by atoms with Crippen LogP contribution in [-0.4, -0.2) is 20.1 Å². The molecule has 0 saturated carbocycles. The standard InChI is InChI=1S/C18H29FN2/c1-4-6-15-7-5-11-21(12-10-15)18-9-8-16(13-17(18)19)14(2)20-3/h8-9,13-15,20H,4-7,10-12H2,1-3H3. The van der Waals surface area contributed by atoms with Crippen LogP contribution in [0.5, 0.6) is 0 Å².